The van der Waals surface area contributed by atoms with Gasteiger partial charge in [-0.15, -0.1) is 0 Å². The summed E-state index contributed by atoms with van der Waals surface area (Å²) in [7, 11) is 1.65. The molecule has 0 unspecified atom stereocenters. The van der Waals surface area contributed by atoms with Gasteiger partial charge in [0.15, 0.2) is 0 Å². The molecular weight excluding hydrogens is 264 g/mol. The number of rotatable bonds is 4. The molecule has 1 aromatic carbocycles. The van der Waals surface area contributed by atoms with E-state index >= 15 is 0 Å². The topological polar surface area (TPSA) is 35.5 Å². The van der Waals surface area contributed by atoms with Crippen LogP contribution in [0.4, 0.5) is 0 Å². The van der Waals surface area contributed by atoms with Crippen molar-refractivity contribution in [3.8, 4) is 5.75 Å². The molecule has 3 nitrogen and oxygen atoms in total. The predicted molar refractivity (Wildman–Crippen MR) is 83.7 cm³/mol. The molecule has 0 heterocycles. The second-order valence-corrected chi connectivity index (χ2v) is 4.77. The van der Waals surface area contributed by atoms with Crippen molar-refractivity contribution in [2.45, 2.75) is 13.3 Å². The van der Waals surface area contributed by atoms with Crippen LogP contribution in [0.15, 0.2) is 66.5 Å². The van der Waals surface area contributed by atoms with Gasteiger partial charge in [0.1, 0.15) is 11.5 Å². The van der Waals surface area contributed by atoms with Crippen molar-refractivity contribution in [2.24, 2.45) is 0 Å². The van der Waals surface area contributed by atoms with Crippen LogP contribution < -0.4 is 4.74 Å². The highest BCUT2D eigenvalue weighted by Crippen LogP contribution is 2.24. The predicted octanol–water partition coefficient (Wildman–Crippen LogP) is 4.04. The Hall–Kier alpha value is -2.55. The van der Waals surface area contributed by atoms with Crippen LogP contribution in [0.1, 0.15) is 18.9 Å². The number of ether oxygens (including phenoxy) is 2. The average molecular weight is 282 g/mol. The van der Waals surface area contributed by atoms with Crippen molar-refractivity contribution in [3.05, 3.63) is 72.0 Å². The monoisotopic (exact) mass is 282 g/mol. The number of hydrogen-bond donors (Lipinski definition) is 0. The van der Waals surface area contributed by atoms with Crippen LogP contribution >= 0.6 is 0 Å². The van der Waals surface area contributed by atoms with Gasteiger partial charge in [-0.1, -0.05) is 30.9 Å². The first-order valence-corrected chi connectivity index (χ1v) is 6.69. The summed E-state index contributed by atoms with van der Waals surface area (Å²) in [4.78, 5) is 11.4. The van der Waals surface area contributed by atoms with Crippen molar-refractivity contribution in [2.75, 3.05) is 7.11 Å². The maximum Gasteiger partial charge on any atom is 0.338 e. The fourth-order valence-electron chi connectivity index (χ4n) is 1.89. The number of allylic oxidation sites excluding steroid dienone is 5. The summed E-state index contributed by atoms with van der Waals surface area (Å²) in [6.45, 7) is 5.18. The van der Waals surface area contributed by atoms with Crippen molar-refractivity contribution in [1.29, 1.82) is 0 Å². The van der Waals surface area contributed by atoms with Gasteiger partial charge in [0.2, 0.25) is 0 Å². The van der Waals surface area contributed by atoms with Gasteiger partial charge in [0, 0.05) is 5.57 Å². The molecule has 2 rings (SSSR count). The summed E-state index contributed by atoms with van der Waals surface area (Å²) < 4.78 is 10.4. The van der Waals surface area contributed by atoms with Gasteiger partial charge in [-0.3, -0.25) is 0 Å². The summed E-state index contributed by atoms with van der Waals surface area (Å²) in [5, 5.41) is 0. The van der Waals surface area contributed by atoms with E-state index in [4.69, 9.17) is 9.47 Å². The Morgan fingerprint density at radius 1 is 1.19 bits per heavy atom. The smallest absolute Gasteiger partial charge is 0.338 e. The number of esters is 1. The number of carbonyl (C=O) groups excluding carboxylic acids is 1. The molecule has 0 fully saturated rings. The molecule has 0 saturated carbocycles. The quantitative estimate of drug-likeness (QED) is 0.475. The van der Waals surface area contributed by atoms with E-state index in [1.54, 1.807) is 26.2 Å². The first kappa shape index (κ1) is 14.9. The summed E-state index contributed by atoms with van der Waals surface area (Å²) in [6.07, 6.45) is 8.81. The van der Waals surface area contributed by atoms with Crippen molar-refractivity contribution < 1.29 is 14.3 Å². The molecule has 0 radical (unpaired) electrons. The molecule has 1 aromatic rings. The largest absolute Gasteiger partial charge is 0.497 e. The van der Waals surface area contributed by atoms with Crippen LogP contribution in [0.25, 0.3) is 5.57 Å². The standard InChI is InChI=1S/C18H18O3/c1-13(2)18(19)21-17-11-8-15(9-12-17)14-5-4-6-16(20-3)10-7-14/h4,6-12H,1,5H2,2-3H3. The van der Waals surface area contributed by atoms with Crippen LogP contribution in [0.3, 0.4) is 0 Å². The summed E-state index contributed by atoms with van der Waals surface area (Å²) in [5.41, 5.74) is 2.65. The maximum atomic E-state index is 11.4. The lowest BCUT2D eigenvalue weighted by molar-refractivity contribution is -0.130. The fourth-order valence-corrected chi connectivity index (χ4v) is 1.89. The van der Waals surface area contributed by atoms with Crippen LogP contribution in [-0.2, 0) is 9.53 Å². The molecule has 21 heavy (non-hydrogen) atoms. The Labute approximate surface area is 124 Å². The second-order valence-electron chi connectivity index (χ2n) is 4.77. The van der Waals surface area contributed by atoms with Crippen LogP contribution in [-0.4, -0.2) is 13.1 Å². The van der Waals surface area contributed by atoms with Crippen molar-refractivity contribution >= 4 is 11.5 Å². The molecular formula is C18H18O3. The number of carbonyl (C=O) groups is 1. The highest BCUT2D eigenvalue weighted by atomic mass is 16.5. The Morgan fingerprint density at radius 3 is 2.52 bits per heavy atom. The molecule has 0 bridgehead atoms. The Bertz CT molecular complexity index is 631. The van der Waals surface area contributed by atoms with Gasteiger partial charge in [0.05, 0.1) is 7.11 Å². The third-order valence-corrected chi connectivity index (χ3v) is 3.09. The molecule has 1 aliphatic carbocycles. The van der Waals surface area contributed by atoms with E-state index in [9.17, 15) is 4.79 Å². The number of hydrogen-bond acceptors (Lipinski definition) is 3. The normalized spacial score (nSPS) is 13.8. The van der Waals surface area contributed by atoms with Gasteiger partial charge in [-0.2, -0.15) is 0 Å². The third kappa shape index (κ3) is 3.96. The lowest BCUT2D eigenvalue weighted by atomic mass is 10.0. The van der Waals surface area contributed by atoms with E-state index in [1.807, 2.05) is 30.4 Å². The lowest BCUT2D eigenvalue weighted by Crippen LogP contribution is -2.07. The average Bonchev–Trinajstić information content (AvgIpc) is 2.73. The summed E-state index contributed by atoms with van der Waals surface area (Å²) in [5.74, 6) is 0.939. The fraction of sp³-hybridized carbons (Fsp3) is 0.167. The minimum absolute atomic E-state index is 0.382. The molecule has 3 heteroatoms. The van der Waals surface area contributed by atoms with E-state index in [0.717, 1.165) is 17.7 Å². The Balaban J connectivity index is 2.14. The zero-order valence-corrected chi connectivity index (χ0v) is 12.3. The van der Waals surface area contributed by atoms with Crippen molar-refractivity contribution in [1.82, 2.24) is 0 Å². The Kier molecular flexibility index (Phi) is 4.77. The molecule has 0 N–H and O–H groups in total. The highest BCUT2D eigenvalue weighted by molar-refractivity contribution is 5.88. The van der Waals surface area contributed by atoms with Gasteiger partial charge in [-0.05, 0) is 48.8 Å². The first-order chi connectivity index (χ1) is 10.1. The van der Waals surface area contributed by atoms with E-state index in [-0.39, 0.29) is 0 Å². The molecule has 0 amide bonds. The third-order valence-electron chi connectivity index (χ3n) is 3.09. The van der Waals surface area contributed by atoms with Gasteiger partial charge >= 0.3 is 5.97 Å². The number of benzene rings is 1. The van der Waals surface area contributed by atoms with E-state index < -0.39 is 5.97 Å². The van der Waals surface area contributed by atoms with Crippen LogP contribution in [0.2, 0.25) is 0 Å². The number of methoxy groups -OCH3 is 1. The highest BCUT2D eigenvalue weighted by Gasteiger charge is 2.07. The minimum atomic E-state index is -0.410. The molecule has 0 aliphatic heterocycles. The molecule has 0 saturated heterocycles. The molecule has 0 spiro atoms. The van der Waals surface area contributed by atoms with Crippen LogP contribution in [0, 0.1) is 0 Å². The van der Waals surface area contributed by atoms with E-state index in [2.05, 4.69) is 12.7 Å². The molecule has 1 aliphatic rings. The van der Waals surface area contributed by atoms with E-state index in [1.165, 1.54) is 5.57 Å². The van der Waals surface area contributed by atoms with Gasteiger partial charge in [0.25, 0.3) is 0 Å². The molecule has 108 valence electrons. The van der Waals surface area contributed by atoms with E-state index in [0.29, 0.717) is 11.3 Å². The van der Waals surface area contributed by atoms with Gasteiger partial charge in [-0.25, -0.2) is 4.79 Å². The second kappa shape index (κ2) is 6.75. The zero-order valence-electron chi connectivity index (χ0n) is 12.3. The Morgan fingerprint density at radius 2 is 1.90 bits per heavy atom. The maximum absolute atomic E-state index is 11.4. The minimum Gasteiger partial charge on any atom is -0.497 e. The summed E-state index contributed by atoms with van der Waals surface area (Å²) in [6, 6.07) is 7.44. The molecule has 0 atom stereocenters. The zero-order chi connectivity index (χ0) is 15.2. The first-order valence-electron chi connectivity index (χ1n) is 6.69. The summed E-state index contributed by atoms with van der Waals surface area (Å²) >= 11 is 0. The lowest BCUT2D eigenvalue weighted by Gasteiger charge is -2.07. The van der Waals surface area contributed by atoms with Gasteiger partial charge < -0.3 is 9.47 Å². The SMILES string of the molecule is C=C(C)C(=O)Oc1ccc(C2=CC=C(OC)C=CC2)cc1. The van der Waals surface area contributed by atoms with Crippen molar-refractivity contribution in [3.63, 3.8) is 0 Å². The molecule has 0 aromatic heterocycles. The van der Waals surface area contributed by atoms with Crippen LogP contribution in [0.5, 0.6) is 5.75 Å².